The van der Waals surface area contributed by atoms with E-state index < -0.39 is 10.0 Å². The summed E-state index contributed by atoms with van der Waals surface area (Å²) in [5.74, 6) is 1.51. The van der Waals surface area contributed by atoms with Gasteiger partial charge in [-0.25, -0.2) is 14.7 Å². The van der Waals surface area contributed by atoms with Gasteiger partial charge in [0.05, 0.1) is 26.0 Å². The van der Waals surface area contributed by atoms with Gasteiger partial charge in [-0.15, -0.1) is 0 Å². The van der Waals surface area contributed by atoms with E-state index in [-0.39, 0.29) is 5.91 Å². The quantitative estimate of drug-likeness (QED) is 0.597. The molecule has 1 aliphatic rings. The van der Waals surface area contributed by atoms with Gasteiger partial charge >= 0.3 is 0 Å². The van der Waals surface area contributed by atoms with E-state index in [4.69, 9.17) is 20.5 Å². The lowest BCUT2D eigenvalue weighted by molar-refractivity contribution is 0.0303. The first-order chi connectivity index (χ1) is 14.7. The summed E-state index contributed by atoms with van der Waals surface area (Å²) in [6.07, 6.45) is 8.18. The Labute approximate surface area is 193 Å². The molecule has 1 aromatic heterocycles. The fourth-order valence-corrected chi connectivity index (χ4v) is 3.47. The van der Waals surface area contributed by atoms with Gasteiger partial charge in [-0.3, -0.25) is 4.79 Å². The summed E-state index contributed by atoms with van der Waals surface area (Å²) in [4.78, 5) is 13.8. The molecule has 2 aromatic rings. The van der Waals surface area contributed by atoms with Gasteiger partial charge < -0.3 is 20.1 Å². The van der Waals surface area contributed by atoms with Gasteiger partial charge in [-0.2, -0.15) is 10.4 Å². The zero-order valence-electron chi connectivity index (χ0n) is 18.2. The molecule has 0 atom stereocenters. The van der Waals surface area contributed by atoms with Crippen LogP contribution >= 0.6 is 26.0 Å². The Bertz CT molecular complexity index is 884. The summed E-state index contributed by atoms with van der Waals surface area (Å²) < 4.78 is 13.2. The van der Waals surface area contributed by atoms with Crippen molar-refractivity contribution in [2.24, 2.45) is 0 Å². The number of anilines is 1. The number of nitrogen functional groups attached to an aromatic ring is 1. The number of hydrogen-bond acceptors (Lipinski definition) is 6. The highest BCUT2D eigenvalue weighted by molar-refractivity contribution is 9.10. The first-order valence-electron chi connectivity index (χ1n) is 9.79. The Kier molecular flexibility index (Phi) is 9.84. The van der Waals surface area contributed by atoms with Gasteiger partial charge in [-0.05, 0) is 43.0 Å². The second-order valence-corrected chi connectivity index (χ2v) is 13.3. The second-order valence-electron chi connectivity index (χ2n) is 7.80. The number of carbonyl (C=O) groups excluding carboxylic acids is 1. The van der Waals surface area contributed by atoms with E-state index in [1.54, 1.807) is 0 Å². The molecule has 0 saturated carbocycles. The van der Waals surface area contributed by atoms with Crippen LogP contribution in [0.15, 0.2) is 34.9 Å². The molecule has 170 valence electrons. The number of nitrogens with two attached hydrogens (primary N) is 1. The van der Waals surface area contributed by atoms with Crippen LogP contribution in [0.4, 0.5) is 5.82 Å². The van der Waals surface area contributed by atoms with Gasteiger partial charge in [0.2, 0.25) is 0 Å². The fourth-order valence-electron chi connectivity index (χ4n) is 2.59. The van der Waals surface area contributed by atoms with E-state index >= 15 is 0 Å². The molecular weight excluding hydrogens is 482 g/mol. The molecule has 1 fully saturated rings. The van der Waals surface area contributed by atoms with Crippen molar-refractivity contribution in [2.45, 2.75) is 6.73 Å². The highest BCUT2D eigenvalue weighted by Crippen LogP contribution is 2.33. The van der Waals surface area contributed by atoms with Crippen molar-refractivity contribution in [3.8, 4) is 6.07 Å². The highest BCUT2D eigenvalue weighted by Gasteiger charge is 2.17. The van der Waals surface area contributed by atoms with Crippen molar-refractivity contribution in [1.29, 1.82) is 5.26 Å². The maximum absolute atomic E-state index is 12.0. The Hall–Kier alpha value is -2.06. The molecule has 1 amide bonds. The molecule has 1 aromatic carbocycles. The molecular formula is C21H30BrN5O3S. The summed E-state index contributed by atoms with van der Waals surface area (Å²) in [6, 6.07) is 9.41. The minimum atomic E-state index is -0.526. The minimum absolute atomic E-state index is 0.0887. The third-order valence-corrected chi connectivity index (χ3v) is 6.36. The minimum Gasteiger partial charge on any atom is -0.383 e. The smallest absolute Gasteiger partial charge is 0.254 e. The lowest BCUT2D eigenvalue weighted by Crippen LogP contribution is -2.40. The molecule has 0 radical (unpaired) electrons. The van der Waals surface area contributed by atoms with Crippen molar-refractivity contribution in [3.63, 3.8) is 0 Å². The number of rotatable bonds is 6. The summed E-state index contributed by atoms with van der Waals surface area (Å²) in [5, 5.41) is 12.7. The van der Waals surface area contributed by atoms with E-state index in [1.807, 2.05) is 35.2 Å². The Morgan fingerprint density at radius 2 is 1.94 bits per heavy atom. The highest BCUT2D eigenvalue weighted by atomic mass is 79.9. The van der Waals surface area contributed by atoms with Crippen molar-refractivity contribution in [3.05, 3.63) is 46.1 Å². The Balaban J connectivity index is 0.000000220. The van der Waals surface area contributed by atoms with Crippen molar-refractivity contribution in [1.82, 2.24) is 14.7 Å². The molecule has 10 heteroatoms. The molecule has 31 heavy (non-hydrogen) atoms. The standard InChI is InChI=1S/C11H12BrNO2.C10H18N4OS/c12-10-3-1-9(2-4-10)11(14)13-5-7-15-8-6-13;1-16(2,3)5-4-15-8-14-10(12)9(6-11)7-13-14/h1-4H,5-8H2;7H,4-5,8,12H2,1-3H3. The SMILES string of the molecule is CS(C)(C)CCOCn1ncc(C#N)c1N.O=C(c1ccc(Br)cc1)N1CCOCC1. The van der Waals surface area contributed by atoms with Crippen LogP contribution in [-0.2, 0) is 16.2 Å². The number of nitrogens with zero attached hydrogens (tertiary/aromatic N) is 4. The van der Waals surface area contributed by atoms with Gasteiger partial charge in [0.25, 0.3) is 5.91 Å². The van der Waals surface area contributed by atoms with Crippen LogP contribution in [0.25, 0.3) is 0 Å². The normalized spacial score (nSPS) is 14.4. The first-order valence-corrected chi connectivity index (χ1v) is 13.6. The molecule has 2 heterocycles. The predicted molar refractivity (Wildman–Crippen MR) is 128 cm³/mol. The van der Waals surface area contributed by atoms with Crippen molar-refractivity contribution < 1.29 is 14.3 Å². The number of halogens is 1. The van der Waals surface area contributed by atoms with Gasteiger partial charge in [0.1, 0.15) is 24.2 Å². The average Bonchev–Trinajstić information content (AvgIpc) is 3.11. The number of carbonyl (C=O) groups is 1. The lowest BCUT2D eigenvalue weighted by atomic mass is 10.2. The largest absolute Gasteiger partial charge is 0.383 e. The van der Waals surface area contributed by atoms with Crippen LogP contribution in [0.2, 0.25) is 0 Å². The third-order valence-electron chi connectivity index (χ3n) is 4.44. The van der Waals surface area contributed by atoms with E-state index in [0.717, 1.165) is 15.8 Å². The van der Waals surface area contributed by atoms with Crippen LogP contribution in [0.5, 0.6) is 0 Å². The van der Waals surface area contributed by atoms with Crippen LogP contribution in [-0.4, -0.2) is 78.0 Å². The van der Waals surface area contributed by atoms with E-state index in [9.17, 15) is 4.79 Å². The summed E-state index contributed by atoms with van der Waals surface area (Å²) in [6.45, 7) is 3.66. The maximum Gasteiger partial charge on any atom is 0.254 e. The zero-order valence-corrected chi connectivity index (χ0v) is 20.6. The number of morpholine rings is 1. The molecule has 0 spiro atoms. The predicted octanol–water partition coefficient (Wildman–Crippen LogP) is 2.93. The van der Waals surface area contributed by atoms with Crippen LogP contribution in [0.3, 0.4) is 0 Å². The molecule has 1 saturated heterocycles. The monoisotopic (exact) mass is 511 g/mol. The first kappa shape index (κ1) is 25.2. The molecule has 2 N–H and O–H groups in total. The summed E-state index contributed by atoms with van der Waals surface area (Å²) >= 11 is 3.35. The maximum atomic E-state index is 12.0. The van der Waals surface area contributed by atoms with Gasteiger partial charge in [0.15, 0.2) is 0 Å². The number of ether oxygens (including phenoxy) is 2. The number of nitriles is 1. The lowest BCUT2D eigenvalue weighted by Gasteiger charge is -2.26. The molecule has 3 rings (SSSR count). The average molecular weight is 512 g/mol. The number of benzene rings is 1. The van der Waals surface area contributed by atoms with Crippen LogP contribution < -0.4 is 5.73 Å². The Morgan fingerprint density at radius 3 is 2.48 bits per heavy atom. The molecule has 0 bridgehead atoms. The molecule has 0 aliphatic carbocycles. The summed E-state index contributed by atoms with van der Waals surface area (Å²) in [7, 11) is -0.526. The molecule has 8 nitrogen and oxygen atoms in total. The number of amides is 1. The van der Waals surface area contributed by atoms with E-state index in [2.05, 4.69) is 39.8 Å². The second kappa shape index (κ2) is 12.1. The van der Waals surface area contributed by atoms with Crippen molar-refractivity contribution >= 4 is 37.7 Å². The number of hydrogen-bond donors (Lipinski definition) is 1. The third kappa shape index (κ3) is 8.53. The summed E-state index contributed by atoms with van der Waals surface area (Å²) in [5.41, 5.74) is 6.81. The Morgan fingerprint density at radius 1 is 1.29 bits per heavy atom. The topological polar surface area (TPSA) is 106 Å². The number of aromatic nitrogens is 2. The zero-order chi connectivity index (χ0) is 22.9. The van der Waals surface area contributed by atoms with E-state index in [1.165, 1.54) is 10.9 Å². The fraction of sp³-hybridized carbons (Fsp3) is 0.476. The van der Waals surface area contributed by atoms with Crippen molar-refractivity contribution in [2.75, 3.05) is 63.2 Å². The molecule has 1 aliphatic heterocycles. The van der Waals surface area contributed by atoms with Gasteiger partial charge in [-0.1, -0.05) is 15.9 Å². The molecule has 0 unspecified atom stereocenters. The van der Waals surface area contributed by atoms with Gasteiger partial charge in [0, 0.05) is 28.9 Å². The van der Waals surface area contributed by atoms with Crippen LogP contribution in [0, 0.1) is 11.3 Å². The van der Waals surface area contributed by atoms with E-state index in [0.29, 0.717) is 51.0 Å². The van der Waals surface area contributed by atoms with Crippen LogP contribution in [0.1, 0.15) is 15.9 Å².